The SMILES string of the molecule is CC(Cc1cccs1)N(C)c1ccc(C(=O)O)c(Br)c1F. The van der Waals surface area contributed by atoms with E-state index in [4.69, 9.17) is 5.11 Å². The maximum Gasteiger partial charge on any atom is 0.336 e. The molecule has 0 amide bonds. The van der Waals surface area contributed by atoms with E-state index in [1.807, 2.05) is 30.3 Å². The van der Waals surface area contributed by atoms with Gasteiger partial charge in [0.2, 0.25) is 0 Å². The van der Waals surface area contributed by atoms with Crippen molar-refractivity contribution < 1.29 is 14.3 Å². The molecule has 1 aromatic heterocycles. The Morgan fingerprint density at radius 3 is 2.76 bits per heavy atom. The van der Waals surface area contributed by atoms with Gasteiger partial charge in [0.25, 0.3) is 0 Å². The lowest BCUT2D eigenvalue weighted by Gasteiger charge is -2.27. The molecule has 0 saturated carbocycles. The second kappa shape index (κ2) is 6.58. The largest absolute Gasteiger partial charge is 0.478 e. The molecule has 21 heavy (non-hydrogen) atoms. The van der Waals surface area contributed by atoms with Gasteiger partial charge in [-0.15, -0.1) is 11.3 Å². The van der Waals surface area contributed by atoms with Crippen LogP contribution in [-0.2, 0) is 6.42 Å². The molecule has 0 bridgehead atoms. The Morgan fingerprint density at radius 2 is 2.19 bits per heavy atom. The monoisotopic (exact) mass is 371 g/mol. The van der Waals surface area contributed by atoms with Crippen LogP contribution in [0.15, 0.2) is 34.1 Å². The molecule has 1 N–H and O–H groups in total. The highest BCUT2D eigenvalue weighted by Crippen LogP contribution is 2.30. The molecular formula is C15H15BrFNO2S. The number of likely N-dealkylation sites (N-methyl/N-ethyl adjacent to an activating group) is 1. The fourth-order valence-electron chi connectivity index (χ4n) is 2.07. The van der Waals surface area contributed by atoms with Crippen molar-refractivity contribution in [3.8, 4) is 0 Å². The van der Waals surface area contributed by atoms with Gasteiger partial charge in [-0.3, -0.25) is 0 Å². The predicted octanol–water partition coefficient (Wildman–Crippen LogP) is 4.42. The maximum absolute atomic E-state index is 14.4. The lowest BCUT2D eigenvalue weighted by Crippen LogP contribution is -2.31. The first-order valence-electron chi connectivity index (χ1n) is 6.38. The molecule has 1 unspecified atom stereocenters. The van der Waals surface area contributed by atoms with Gasteiger partial charge in [-0.2, -0.15) is 0 Å². The van der Waals surface area contributed by atoms with E-state index in [9.17, 15) is 9.18 Å². The van der Waals surface area contributed by atoms with Crippen molar-refractivity contribution in [2.75, 3.05) is 11.9 Å². The summed E-state index contributed by atoms with van der Waals surface area (Å²) in [5, 5.41) is 11.0. The van der Waals surface area contributed by atoms with Crippen LogP contribution < -0.4 is 4.90 Å². The van der Waals surface area contributed by atoms with Gasteiger partial charge in [0, 0.05) is 24.4 Å². The third kappa shape index (κ3) is 3.44. The summed E-state index contributed by atoms with van der Waals surface area (Å²) < 4.78 is 14.4. The number of nitrogens with zero attached hydrogens (tertiary/aromatic N) is 1. The smallest absolute Gasteiger partial charge is 0.336 e. The van der Waals surface area contributed by atoms with Crippen molar-refractivity contribution in [2.45, 2.75) is 19.4 Å². The Bertz CT molecular complexity index is 645. The first kappa shape index (κ1) is 16.0. The van der Waals surface area contributed by atoms with Gasteiger partial charge in [0.05, 0.1) is 15.7 Å². The van der Waals surface area contributed by atoms with E-state index in [1.165, 1.54) is 17.0 Å². The molecule has 0 fully saturated rings. The van der Waals surface area contributed by atoms with E-state index in [-0.39, 0.29) is 16.1 Å². The van der Waals surface area contributed by atoms with E-state index in [0.29, 0.717) is 5.69 Å². The summed E-state index contributed by atoms with van der Waals surface area (Å²) in [5.41, 5.74) is 0.312. The summed E-state index contributed by atoms with van der Waals surface area (Å²) >= 11 is 4.70. The number of halogens is 2. The second-order valence-corrected chi connectivity index (χ2v) is 6.63. The van der Waals surface area contributed by atoms with Crippen molar-refractivity contribution in [2.24, 2.45) is 0 Å². The summed E-state index contributed by atoms with van der Waals surface area (Å²) in [7, 11) is 1.81. The van der Waals surface area contributed by atoms with Crippen molar-refractivity contribution in [3.63, 3.8) is 0 Å². The number of thiophene rings is 1. The van der Waals surface area contributed by atoms with Gasteiger partial charge in [-0.1, -0.05) is 6.07 Å². The Morgan fingerprint density at radius 1 is 1.48 bits per heavy atom. The van der Waals surface area contributed by atoms with E-state index < -0.39 is 11.8 Å². The zero-order valence-electron chi connectivity index (χ0n) is 11.6. The van der Waals surface area contributed by atoms with Gasteiger partial charge in [0.1, 0.15) is 0 Å². The van der Waals surface area contributed by atoms with Gasteiger partial charge in [-0.05, 0) is 46.4 Å². The van der Waals surface area contributed by atoms with E-state index in [0.717, 1.165) is 6.42 Å². The normalized spacial score (nSPS) is 12.2. The van der Waals surface area contributed by atoms with Crippen LogP contribution in [0.5, 0.6) is 0 Å². The molecule has 1 atom stereocenters. The first-order valence-corrected chi connectivity index (χ1v) is 8.05. The fraction of sp³-hybridized carbons (Fsp3) is 0.267. The van der Waals surface area contributed by atoms with Crippen LogP contribution in [0, 0.1) is 5.82 Å². The van der Waals surface area contributed by atoms with Gasteiger partial charge in [-0.25, -0.2) is 9.18 Å². The standard InChI is InChI=1S/C15H15BrFNO2S/c1-9(8-10-4-3-7-21-10)18(2)12-6-5-11(15(19)20)13(16)14(12)17/h3-7,9H,8H2,1-2H3,(H,19,20). The third-order valence-electron chi connectivity index (χ3n) is 3.41. The molecule has 3 nitrogen and oxygen atoms in total. The molecule has 112 valence electrons. The lowest BCUT2D eigenvalue weighted by molar-refractivity contribution is 0.0695. The third-order valence-corrected chi connectivity index (χ3v) is 5.08. The Labute approximate surface area is 135 Å². The van der Waals surface area contributed by atoms with Crippen molar-refractivity contribution >= 4 is 38.9 Å². The maximum atomic E-state index is 14.4. The minimum atomic E-state index is -1.15. The molecule has 0 aliphatic heterocycles. The molecule has 0 saturated heterocycles. The number of hydrogen-bond donors (Lipinski definition) is 1. The summed E-state index contributed by atoms with van der Waals surface area (Å²) in [6.45, 7) is 2.01. The minimum Gasteiger partial charge on any atom is -0.478 e. The van der Waals surface area contributed by atoms with E-state index in [2.05, 4.69) is 22.0 Å². The molecule has 1 heterocycles. The number of carboxylic acids is 1. The topological polar surface area (TPSA) is 40.5 Å². The first-order chi connectivity index (χ1) is 9.91. The van der Waals surface area contributed by atoms with Crippen LogP contribution in [0.4, 0.5) is 10.1 Å². The minimum absolute atomic E-state index is 0.0114. The van der Waals surface area contributed by atoms with Crippen LogP contribution in [0.1, 0.15) is 22.2 Å². The molecule has 0 aliphatic rings. The Balaban J connectivity index is 2.24. The highest BCUT2D eigenvalue weighted by atomic mass is 79.9. The molecule has 2 rings (SSSR count). The predicted molar refractivity (Wildman–Crippen MR) is 86.9 cm³/mol. The number of rotatable bonds is 5. The van der Waals surface area contributed by atoms with Crippen molar-refractivity contribution in [3.05, 3.63) is 50.4 Å². The Kier molecular flexibility index (Phi) is 5.00. The van der Waals surface area contributed by atoms with Gasteiger partial charge in [0.15, 0.2) is 5.82 Å². The van der Waals surface area contributed by atoms with E-state index in [1.54, 1.807) is 11.3 Å². The zero-order chi connectivity index (χ0) is 15.6. The molecule has 0 aliphatic carbocycles. The number of benzene rings is 1. The zero-order valence-corrected chi connectivity index (χ0v) is 14.0. The average Bonchev–Trinajstić information content (AvgIpc) is 2.93. The Hall–Kier alpha value is -1.40. The van der Waals surface area contributed by atoms with Crippen LogP contribution in [0.25, 0.3) is 0 Å². The molecule has 1 aromatic carbocycles. The highest BCUT2D eigenvalue weighted by Gasteiger charge is 2.20. The van der Waals surface area contributed by atoms with Gasteiger partial charge < -0.3 is 10.0 Å². The van der Waals surface area contributed by atoms with Crippen molar-refractivity contribution in [1.29, 1.82) is 0 Å². The highest BCUT2D eigenvalue weighted by molar-refractivity contribution is 9.10. The molecule has 2 aromatic rings. The summed E-state index contributed by atoms with van der Waals surface area (Å²) in [4.78, 5) is 14.0. The number of anilines is 1. The summed E-state index contributed by atoms with van der Waals surface area (Å²) in [6, 6.07) is 7.06. The fourth-order valence-corrected chi connectivity index (χ4v) is 3.40. The lowest BCUT2D eigenvalue weighted by atomic mass is 10.1. The number of carboxylic acid groups (broad SMARTS) is 1. The van der Waals surface area contributed by atoms with Crippen LogP contribution in [0.3, 0.4) is 0 Å². The molecule has 6 heteroatoms. The molecule has 0 radical (unpaired) electrons. The number of aromatic carboxylic acids is 1. The summed E-state index contributed by atoms with van der Waals surface area (Å²) in [6.07, 6.45) is 0.811. The molecular weight excluding hydrogens is 357 g/mol. The number of carbonyl (C=O) groups is 1. The quantitative estimate of drug-likeness (QED) is 0.845. The van der Waals surface area contributed by atoms with Crippen molar-refractivity contribution in [1.82, 2.24) is 0 Å². The van der Waals surface area contributed by atoms with Crippen LogP contribution in [0.2, 0.25) is 0 Å². The van der Waals surface area contributed by atoms with E-state index >= 15 is 0 Å². The van der Waals surface area contributed by atoms with Crippen LogP contribution in [-0.4, -0.2) is 24.2 Å². The average molecular weight is 372 g/mol. The number of hydrogen-bond acceptors (Lipinski definition) is 3. The molecule has 0 spiro atoms. The van der Waals surface area contributed by atoms with Gasteiger partial charge >= 0.3 is 5.97 Å². The summed E-state index contributed by atoms with van der Waals surface area (Å²) in [5.74, 6) is -1.70. The van der Waals surface area contributed by atoms with Crippen LogP contribution >= 0.6 is 27.3 Å². The second-order valence-electron chi connectivity index (χ2n) is 4.81.